The van der Waals surface area contributed by atoms with Crippen LogP contribution in [0.2, 0.25) is 5.02 Å². The van der Waals surface area contributed by atoms with E-state index in [2.05, 4.69) is 15.3 Å². The number of hydrogen-bond acceptors (Lipinski definition) is 3. The summed E-state index contributed by atoms with van der Waals surface area (Å²) in [5.74, 6) is 0.252. The van der Waals surface area contributed by atoms with E-state index in [1.165, 1.54) is 0 Å². The summed E-state index contributed by atoms with van der Waals surface area (Å²) in [7, 11) is 0. The van der Waals surface area contributed by atoms with Gasteiger partial charge in [-0.15, -0.1) is 0 Å². The number of fused-ring (bicyclic) bond motifs is 1. The fourth-order valence-electron chi connectivity index (χ4n) is 1.29. The number of hydrogen-bond donors (Lipinski definition) is 1. The van der Waals surface area contributed by atoms with Crippen molar-refractivity contribution in [2.75, 3.05) is 11.9 Å². The number of nitrogens with zero attached hydrogens (tertiary/aromatic N) is 2. The molecular weight excluding hydrogens is 236 g/mol. The third kappa shape index (κ3) is 2.36. The average molecular weight is 244 g/mol. The molecule has 2 heterocycles. The maximum atomic E-state index is 12.0. The Morgan fingerprint density at radius 3 is 3.00 bits per heavy atom. The summed E-state index contributed by atoms with van der Waals surface area (Å²) in [6.07, 6.45) is 0.730. The van der Waals surface area contributed by atoms with E-state index >= 15 is 0 Å². The van der Waals surface area contributed by atoms with E-state index in [1.54, 1.807) is 24.5 Å². The minimum absolute atomic E-state index is 0.252. The van der Waals surface area contributed by atoms with Gasteiger partial charge in [0.1, 0.15) is 5.82 Å². The topological polar surface area (TPSA) is 37.8 Å². The second kappa shape index (κ2) is 4.57. The Balaban J connectivity index is 2.34. The van der Waals surface area contributed by atoms with Gasteiger partial charge in [-0.05, 0) is 12.1 Å². The standard InChI is InChI=1S/C10H8ClF2N3/c11-7-3-6-1-2-14-4-8(6)16-10(7)15-5-9(12)13/h1-4,9H,5H2,(H,15,16). The van der Waals surface area contributed by atoms with Gasteiger partial charge in [0.2, 0.25) is 0 Å². The quantitative estimate of drug-likeness (QED) is 0.901. The Hall–Kier alpha value is -1.49. The molecule has 0 bridgehead atoms. The summed E-state index contributed by atoms with van der Waals surface area (Å²) in [5, 5.41) is 3.62. The van der Waals surface area contributed by atoms with Gasteiger partial charge in [0.25, 0.3) is 6.43 Å². The lowest BCUT2D eigenvalue weighted by molar-refractivity contribution is 0.163. The molecule has 0 aliphatic rings. The Morgan fingerprint density at radius 2 is 2.25 bits per heavy atom. The predicted molar refractivity (Wildman–Crippen MR) is 59.0 cm³/mol. The zero-order valence-electron chi connectivity index (χ0n) is 8.12. The third-order valence-corrected chi connectivity index (χ3v) is 2.29. The van der Waals surface area contributed by atoms with Gasteiger partial charge in [-0.2, -0.15) is 0 Å². The van der Waals surface area contributed by atoms with Crippen molar-refractivity contribution >= 4 is 28.3 Å². The average Bonchev–Trinajstić information content (AvgIpc) is 2.26. The first-order valence-corrected chi connectivity index (χ1v) is 4.97. The maximum Gasteiger partial charge on any atom is 0.255 e. The van der Waals surface area contributed by atoms with Gasteiger partial charge >= 0.3 is 0 Å². The van der Waals surface area contributed by atoms with Crippen molar-refractivity contribution in [1.29, 1.82) is 0 Å². The second-order valence-corrected chi connectivity index (χ2v) is 3.57. The van der Waals surface area contributed by atoms with Gasteiger partial charge in [-0.1, -0.05) is 11.6 Å². The number of halogens is 3. The van der Waals surface area contributed by atoms with Crippen LogP contribution in [0.3, 0.4) is 0 Å². The van der Waals surface area contributed by atoms with Crippen LogP contribution >= 0.6 is 11.6 Å². The smallest absolute Gasteiger partial charge is 0.255 e. The zero-order valence-corrected chi connectivity index (χ0v) is 8.88. The van der Waals surface area contributed by atoms with E-state index in [0.717, 1.165) is 5.39 Å². The molecule has 2 aromatic heterocycles. The summed E-state index contributed by atoms with van der Waals surface area (Å²) in [5.41, 5.74) is 0.615. The van der Waals surface area contributed by atoms with E-state index in [9.17, 15) is 8.78 Å². The molecule has 1 N–H and O–H groups in total. The fourth-order valence-corrected chi connectivity index (χ4v) is 1.52. The minimum Gasteiger partial charge on any atom is -0.363 e. The molecule has 6 heteroatoms. The maximum absolute atomic E-state index is 12.0. The second-order valence-electron chi connectivity index (χ2n) is 3.16. The molecule has 0 amide bonds. The molecule has 16 heavy (non-hydrogen) atoms. The van der Waals surface area contributed by atoms with Gasteiger partial charge < -0.3 is 5.32 Å². The Labute approximate surface area is 95.5 Å². The van der Waals surface area contributed by atoms with E-state index in [0.29, 0.717) is 10.5 Å². The molecule has 0 aliphatic carbocycles. The minimum atomic E-state index is -2.44. The van der Waals surface area contributed by atoms with Crippen molar-refractivity contribution in [3.63, 3.8) is 0 Å². The van der Waals surface area contributed by atoms with Crippen molar-refractivity contribution in [2.45, 2.75) is 6.43 Å². The molecular formula is C10H8ClF2N3. The van der Waals surface area contributed by atoms with Crippen LogP contribution in [0.25, 0.3) is 10.9 Å². The number of pyridine rings is 2. The van der Waals surface area contributed by atoms with Crippen LogP contribution in [-0.4, -0.2) is 22.9 Å². The lowest BCUT2D eigenvalue weighted by atomic mass is 10.2. The number of alkyl halides is 2. The highest BCUT2D eigenvalue weighted by atomic mass is 35.5. The van der Waals surface area contributed by atoms with Gasteiger partial charge in [0, 0.05) is 11.6 Å². The molecule has 0 saturated heterocycles. The van der Waals surface area contributed by atoms with Crippen LogP contribution in [0, 0.1) is 0 Å². The van der Waals surface area contributed by atoms with Crippen molar-refractivity contribution in [1.82, 2.24) is 9.97 Å². The van der Waals surface area contributed by atoms with Crippen LogP contribution in [0.1, 0.15) is 0 Å². The van der Waals surface area contributed by atoms with E-state index in [4.69, 9.17) is 11.6 Å². The van der Waals surface area contributed by atoms with Crippen molar-refractivity contribution < 1.29 is 8.78 Å². The third-order valence-electron chi connectivity index (χ3n) is 2.00. The lowest BCUT2D eigenvalue weighted by Crippen LogP contribution is -2.11. The van der Waals surface area contributed by atoms with Crippen molar-refractivity contribution in [3.05, 3.63) is 29.5 Å². The highest BCUT2D eigenvalue weighted by molar-refractivity contribution is 6.33. The molecule has 0 spiro atoms. The largest absolute Gasteiger partial charge is 0.363 e. The molecule has 2 rings (SSSR count). The van der Waals surface area contributed by atoms with Crippen LogP contribution in [0.4, 0.5) is 14.6 Å². The number of anilines is 1. The van der Waals surface area contributed by atoms with E-state index in [1.807, 2.05) is 0 Å². The molecule has 84 valence electrons. The van der Waals surface area contributed by atoms with Crippen LogP contribution in [0.5, 0.6) is 0 Å². The molecule has 2 aromatic rings. The summed E-state index contributed by atoms with van der Waals surface area (Å²) in [4.78, 5) is 8.01. The Bertz CT molecular complexity index is 504. The first-order valence-electron chi connectivity index (χ1n) is 4.59. The molecule has 0 unspecified atom stereocenters. The SMILES string of the molecule is FC(F)CNc1nc2cnccc2cc1Cl. The van der Waals surface area contributed by atoms with Crippen molar-refractivity contribution in [2.24, 2.45) is 0 Å². The highest BCUT2D eigenvalue weighted by Crippen LogP contribution is 2.24. The lowest BCUT2D eigenvalue weighted by Gasteiger charge is -2.07. The first-order chi connectivity index (χ1) is 7.66. The van der Waals surface area contributed by atoms with Gasteiger partial charge in [0.05, 0.1) is 23.3 Å². The normalized spacial score (nSPS) is 11.0. The van der Waals surface area contributed by atoms with Gasteiger partial charge in [-0.3, -0.25) is 4.98 Å². The Morgan fingerprint density at radius 1 is 1.44 bits per heavy atom. The summed E-state index contributed by atoms with van der Waals surface area (Å²) in [6, 6.07) is 3.42. The molecule has 0 aromatic carbocycles. The monoisotopic (exact) mass is 243 g/mol. The fraction of sp³-hybridized carbons (Fsp3) is 0.200. The molecule has 0 fully saturated rings. The van der Waals surface area contributed by atoms with E-state index < -0.39 is 13.0 Å². The summed E-state index contributed by atoms with van der Waals surface area (Å²) < 4.78 is 24.0. The van der Waals surface area contributed by atoms with Gasteiger partial charge in [0.15, 0.2) is 0 Å². The molecule has 0 saturated carbocycles. The number of nitrogens with one attached hydrogen (secondary N) is 1. The highest BCUT2D eigenvalue weighted by Gasteiger charge is 2.07. The molecule has 0 radical (unpaired) electrons. The van der Waals surface area contributed by atoms with Gasteiger partial charge in [-0.25, -0.2) is 13.8 Å². The first kappa shape index (κ1) is 11.0. The number of aromatic nitrogens is 2. The summed E-state index contributed by atoms with van der Waals surface area (Å²) >= 11 is 5.90. The predicted octanol–water partition coefficient (Wildman–Crippen LogP) is 2.96. The summed E-state index contributed by atoms with van der Waals surface area (Å²) in [6.45, 7) is -0.474. The van der Waals surface area contributed by atoms with E-state index in [-0.39, 0.29) is 5.82 Å². The Kier molecular flexibility index (Phi) is 3.14. The molecule has 3 nitrogen and oxygen atoms in total. The van der Waals surface area contributed by atoms with Crippen LogP contribution in [-0.2, 0) is 0 Å². The molecule has 0 aliphatic heterocycles. The zero-order chi connectivity index (χ0) is 11.5. The number of rotatable bonds is 3. The molecule has 0 atom stereocenters. The van der Waals surface area contributed by atoms with Crippen LogP contribution in [0.15, 0.2) is 24.5 Å². The van der Waals surface area contributed by atoms with Crippen LogP contribution < -0.4 is 5.32 Å². The van der Waals surface area contributed by atoms with Crippen molar-refractivity contribution in [3.8, 4) is 0 Å².